The van der Waals surface area contributed by atoms with E-state index in [1.165, 1.54) is 0 Å². The lowest BCUT2D eigenvalue weighted by molar-refractivity contribution is -0.0433. The van der Waals surface area contributed by atoms with Crippen molar-refractivity contribution in [2.24, 2.45) is 0 Å². The summed E-state index contributed by atoms with van der Waals surface area (Å²) < 4.78 is 22.0. The topological polar surface area (TPSA) is 57.2 Å². The lowest BCUT2D eigenvalue weighted by atomic mass is 9.95. The summed E-state index contributed by atoms with van der Waals surface area (Å²) in [4.78, 5) is 0. The highest BCUT2D eigenvalue weighted by Crippen LogP contribution is 2.25. The number of aliphatic hydroxyl groups is 1. The minimum absolute atomic E-state index is 0.0364. The molecular weight excluding hydrogens is 258 g/mol. The van der Waals surface area contributed by atoms with Crippen molar-refractivity contribution in [3.05, 3.63) is 0 Å². The smallest absolute Gasteiger partial charge is 0.109 e. The minimum atomic E-state index is -0.341. The highest BCUT2D eigenvalue weighted by atomic mass is 16.6. The van der Waals surface area contributed by atoms with Crippen LogP contribution in [0.1, 0.15) is 25.7 Å². The van der Waals surface area contributed by atoms with Crippen molar-refractivity contribution in [2.75, 3.05) is 20.3 Å². The molecule has 0 aliphatic carbocycles. The average molecular weight is 280 g/mol. The lowest BCUT2D eigenvalue weighted by Crippen LogP contribution is -2.29. The molecule has 4 radical (unpaired) electrons. The third-order valence-electron chi connectivity index (χ3n) is 3.91. The van der Waals surface area contributed by atoms with Crippen LogP contribution < -0.4 is 0 Å². The summed E-state index contributed by atoms with van der Waals surface area (Å²) in [6.45, 7) is 0.521. The third kappa shape index (κ3) is 4.21. The molecule has 7 heteroatoms. The summed E-state index contributed by atoms with van der Waals surface area (Å²) in [7, 11) is 13.1. The summed E-state index contributed by atoms with van der Waals surface area (Å²) in [5.74, 6) is 0. The molecule has 0 saturated carbocycles. The van der Waals surface area contributed by atoms with E-state index in [0.29, 0.717) is 13.0 Å². The molecule has 6 atom stereocenters. The fourth-order valence-electron chi connectivity index (χ4n) is 2.85. The van der Waals surface area contributed by atoms with Crippen LogP contribution >= 0.6 is 0 Å². The molecule has 2 saturated heterocycles. The van der Waals surface area contributed by atoms with Crippen LogP contribution in [0.2, 0.25) is 0 Å². The Bertz CT molecular complexity index is 266. The van der Waals surface area contributed by atoms with E-state index in [2.05, 4.69) is 0 Å². The molecule has 20 heavy (non-hydrogen) atoms. The zero-order chi connectivity index (χ0) is 14.5. The average Bonchev–Trinajstić information content (AvgIpc) is 2.97. The van der Waals surface area contributed by atoms with Crippen LogP contribution in [0.25, 0.3) is 0 Å². The molecule has 2 fully saturated rings. The molecule has 0 aromatic rings. The fourth-order valence-corrected chi connectivity index (χ4v) is 2.85. The van der Waals surface area contributed by atoms with Crippen molar-refractivity contribution in [1.29, 1.82) is 0 Å². The zero-order valence-corrected chi connectivity index (χ0v) is 11.9. The molecule has 0 spiro atoms. The Hall–Kier alpha value is -0.0701. The normalized spacial score (nSPS) is 41.3. The van der Waals surface area contributed by atoms with Gasteiger partial charge in [0, 0.05) is 25.7 Å². The van der Waals surface area contributed by atoms with Crippen molar-refractivity contribution >= 4 is 15.7 Å². The summed E-state index contributed by atoms with van der Waals surface area (Å²) in [5.41, 5.74) is 0. The van der Waals surface area contributed by atoms with Gasteiger partial charge < -0.3 is 24.1 Å². The van der Waals surface area contributed by atoms with Crippen molar-refractivity contribution in [1.82, 2.24) is 0 Å². The van der Waals surface area contributed by atoms with Crippen molar-refractivity contribution in [3.8, 4) is 0 Å². The Balaban J connectivity index is 1.64. The summed E-state index contributed by atoms with van der Waals surface area (Å²) >= 11 is 0. The number of methoxy groups -OCH3 is 1. The van der Waals surface area contributed by atoms with Gasteiger partial charge in [0.2, 0.25) is 0 Å². The quantitative estimate of drug-likeness (QED) is 0.513. The van der Waals surface area contributed by atoms with Gasteiger partial charge in [-0.05, 0) is 25.7 Å². The second kappa shape index (κ2) is 7.80. The number of hydrogen-bond acceptors (Lipinski definition) is 5. The molecule has 1 N–H and O–H groups in total. The van der Waals surface area contributed by atoms with Crippen LogP contribution in [-0.4, -0.2) is 77.5 Å². The predicted octanol–water partition coefficient (Wildman–Crippen LogP) is -0.274. The van der Waals surface area contributed by atoms with Gasteiger partial charge in [0.25, 0.3) is 0 Å². The van der Waals surface area contributed by atoms with E-state index in [9.17, 15) is 0 Å². The maximum Gasteiger partial charge on any atom is 0.109 e. The van der Waals surface area contributed by atoms with Gasteiger partial charge in [0.05, 0.1) is 24.9 Å². The van der Waals surface area contributed by atoms with Gasteiger partial charge in [0.1, 0.15) is 21.8 Å². The first-order valence-corrected chi connectivity index (χ1v) is 7.21. The second-order valence-corrected chi connectivity index (χ2v) is 5.41. The molecule has 0 amide bonds. The molecule has 6 unspecified atom stereocenters. The molecule has 110 valence electrons. The van der Waals surface area contributed by atoms with Crippen LogP contribution in [-0.2, 0) is 18.9 Å². The van der Waals surface area contributed by atoms with Gasteiger partial charge in [-0.1, -0.05) is 0 Å². The van der Waals surface area contributed by atoms with E-state index in [-0.39, 0.29) is 43.0 Å². The van der Waals surface area contributed by atoms with Crippen molar-refractivity contribution < 1.29 is 24.1 Å². The van der Waals surface area contributed by atoms with E-state index in [0.717, 1.165) is 19.3 Å². The Morgan fingerprint density at radius 1 is 1.10 bits per heavy atom. The fraction of sp³-hybridized carbons (Fsp3) is 1.00. The second-order valence-electron chi connectivity index (χ2n) is 5.41. The third-order valence-corrected chi connectivity index (χ3v) is 3.91. The summed E-state index contributed by atoms with van der Waals surface area (Å²) in [5, 5.41) is 9.17. The van der Waals surface area contributed by atoms with Gasteiger partial charge in [-0.15, -0.1) is 0 Å². The van der Waals surface area contributed by atoms with Crippen LogP contribution in [0.5, 0.6) is 0 Å². The van der Waals surface area contributed by atoms with E-state index < -0.39 is 0 Å². The molecule has 0 bridgehead atoms. The van der Waals surface area contributed by atoms with Gasteiger partial charge >= 0.3 is 0 Å². The molecule has 0 aromatic heterocycles. The number of rotatable bonds is 7. The first-order chi connectivity index (χ1) is 9.63. The van der Waals surface area contributed by atoms with Gasteiger partial charge in [0.15, 0.2) is 0 Å². The number of ether oxygens (including phenoxy) is 4. The molecule has 5 nitrogen and oxygen atoms in total. The SMILES string of the molecule is [B]C1CC(OC)C(CCCOC2CC([B])OC2CO)O1. The molecule has 2 aliphatic heterocycles. The Morgan fingerprint density at radius 2 is 1.75 bits per heavy atom. The monoisotopic (exact) mass is 280 g/mol. The standard InChI is InChI=1S/C13H22B2O5/c1-17-9-5-12(14)19-8(9)3-2-4-18-10-6-13(15)20-11(10)7-16/h8-13,16H,2-7H2,1H3. The van der Waals surface area contributed by atoms with E-state index in [1.54, 1.807) is 7.11 Å². The minimum Gasteiger partial charge on any atom is -0.394 e. The lowest BCUT2D eigenvalue weighted by Gasteiger charge is -2.19. The maximum absolute atomic E-state index is 9.17. The van der Waals surface area contributed by atoms with Gasteiger partial charge in [-0.2, -0.15) is 0 Å². The molecule has 0 aromatic carbocycles. The molecule has 2 heterocycles. The zero-order valence-electron chi connectivity index (χ0n) is 11.9. The number of aliphatic hydroxyl groups excluding tert-OH is 1. The first-order valence-electron chi connectivity index (χ1n) is 7.21. The van der Waals surface area contributed by atoms with Crippen molar-refractivity contribution in [2.45, 2.75) is 62.1 Å². The molecule has 2 aliphatic rings. The maximum atomic E-state index is 9.17. The summed E-state index contributed by atoms with van der Waals surface area (Å²) in [6.07, 6.45) is 2.72. The van der Waals surface area contributed by atoms with Crippen LogP contribution in [0.4, 0.5) is 0 Å². The molecular formula is C13H22B2O5. The Morgan fingerprint density at radius 3 is 2.40 bits per heavy atom. The highest BCUT2D eigenvalue weighted by Gasteiger charge is 2.34. The predicted molar refractivity (Wildman–Crippen MR) is 74.9 cm³/mol. The van der Waals surface area contributed by atoms with Gasteiger partial charge in [-0.25, -0.2) is 0 Å². The Labute approximate surface area is 123 Å². The highest BCUT2D eigenvalue weighted by molar-refractivity contribution is 6.11. The Kier molecular flexibility index (Phi) is 6.36. The largest absolute Gasteiger partial charge is 0.394 e. The van der Waals surface area contributed by atoms with E-state index in [4.69, 9.17) is 39.7 Å². The van der Waals surface area contributed by atoms with Gasteiger partial charge in [-0.3, -0.25) is 0 Å². The van der Waals surface area contributed by atoms with Crippen LogP contribution in [0, 0.1) is 0 Å². The van der Waals surface area contributed by atoms with Crippen molar-refractivity contribution in [3.63, 3.8) is 0 Å². The first kappa shape index (κ1) is 16.3. The van der Waals surface area contributed by atoms with E-state index in [1.807, 2.05) is 0 Å². The van der Waals surface area contributed by atoms with Crippen LogP contribution in [0.15, 0.2) is 0 Å². The molecule has 2 rings (SSSR count). The van der Waals surface area contributed by atoms with E-state index >= 15 is 0 Å². The number of hydrogen-bond donors (Lipinski definition) is 1. The summed E-state index contributed by atoms with van der Waals surface area (Å²) in [6, 6.07) is -0.572. The van der Waals surface area contributed by atoms with Crippen LogP contribution in [0.3, 0.4) is 0 Å².